The van der Waals surface area contributed by atoms with Crippen LogP contribution in [0.1, 0.15) is 26.2 Å². The first kappa shape index (κ1) is 7.73. The molecule has 10 heavy (non-hydrogen) atoms. The van der Waals surface area contributed by atoms with E-state index in [1.165, 1.54) is 0 Å². The van der Waals surface area contributed by atoms with Crippen molar-refractivity contribution < 1.29 is 4.79 Å². The Hall–Kier alpha value is -0.370. The van der Waals surface area contributed by atoms with Gasteiger partial charge in [-0.15, -0.1) is 0 Å². The summed E-state index contributed by atoms with van der Waals surface area (Å²) in [7, 11) is 0. The molecule has 1 heterocycles. The van der Waals surface area contributed by atoms with Crippen LogP contribution in [-0.4, -0.2) is 19.4 Å². The van der Waals surface area contributed by atoms with Gasteiger partial charge in [0.15, 0.2) is 0 Å². The van der Waals surface area contributed by atoms with Crippen molar-refractivity contribution in [1.29, 1.82) is 0 Å². The molecule has 1 aliphatic heterocycles. The molecule has 0 aromatic carbocycles. The third kappa shape index (κ3) is 1.37. The molecule has 0 radical (unpaired) electrons. The number of hydrogen-bond donors (Lipinski definition) is 1. The largest absolute Gasteiger partial charge is 0.316 e. The number of nitrogens with one attached hydrogen (secondary N) is 1. The van der Waals surface area contributed by atoms with Gasteiger partial charge in [0.25, 0.3) is 0 Å². The molecule has 1 rings (SSSR count). The lowest BCUT2D eigenvalue weighted by Crippen LogP contribution is -2.40. The number of piperidine rings is 1. The van der Waals surface area contributed by atoms with Crippen molar-refractivity contribution in [2.45, 2.75) is 26.2 Å². The van der Waals surface area contributed by atoms with E-state index < -0.39 is 0 Å². The van der Waals surface area contributed by atoms with Gasteiger partial charge in [0.1, 0.15) is 6.29 Å². The predicted molar refractivity (Wildman–Crippen MR) is 40.9 cm³/mol. The molecular formula is C8H15NO. The predicted octanol–water partition coefficient (Wildman–Crippen LogP) is 0.965. The Labute approximate surface area is 62.0 Å². The summed E-state index contributed by atoms with van der Waals surface area (Å²) in [6.07, 6.45) is 4.31. The molecule has 0 aliphatic carbocycles. The van der Waals surface area contributed by atoms with Crippen LogP contribution in [0.2, 0.25) is 0 Å². The number of rotatable bonds is 2. The highest BCUT2D eigenvalue weighted by Crippen LogP contribution is 2.26. The first-order valence-electron chi connectivity index (χ1n) is 4.00. The van der Waals surface area contributed by atoms with Crippen molar-refractivity contribution in [3.8, 4) is 0 Å². The van der Waals surface area contributed by atoms with Crippen LogP contribution in [0.4, 0.5) is 0 Å². The first-order chi connectivity index (χ1) is 4.83. The van der Waals surface area contributed by atoms with Crippen LogP contribution in [-0.2, 0) is 4.79 Å². The SMILES string of the molecule is CCC1(C=O)CCCNC1. The van der Waals surface area contributed by atoms with Crippen LogP contribution in [0.3, 0.4) is 0 Å². The minimum atomic E-state index is -0.0295. The van der Waals surface area contributed by atoms with E-state index in [0.717, 1.165) is 38.6 Å². The summed E-state index contributed by atoms with van der Waals surface area (Å²) in [4.78, 5) is 10.7. The van der Waals surface area contributed by atoms with Gasteiger partial charge in [0, 0.05) is 12.0 Å². The molecule has 0 amide bonds. The summed E-state index contributed by atoms with van der Waals surface area (Å²) < 4.78 is 0. The molecule has 0 aromatic rings. The quantitative estimate of drug-likeness (QED) is 0.580. The van der Waals surface area contributed by atoms with E-state index in [9.17, 15) is 4.79 Å². The van der Waals surface area contributed by atoms with Gasteiger partial charge >= 0.3 is 0 Å². The Kier molecular flexibility index (Phi) is 2.44. The minimum absolute atomic E-state index is 0.0295. The molecule has 1 saturated heterocycles. The fraction of sp³-hybridized carbons (Fsp3) is 0.875. The Balaban J connectivity index is 2.52. The molecular weight excluding hydrogens is 126 g/mol. The van der Waals surface area contributed by atoms with Crippen LogP contribution >= 0.6 is 0 Å². The summed E-state index contributed by atoms with van der Waals surface area (Å²) in [6.45, 7) is 4.05. The van der Waals surface area contributed by atoms with Gasteiger partial charge < -0.3 is 10.1 Å². The van der Waals surface area contributed by atoms with Crippen molar-refractivity contribution in [2.24, 2.45) is 5.41 Å². The molecule has 0 spiro atoms. The molecule has 0 saturated carbocycles. The van der Waals surface area contributed by atoms with E-state index in [1.54, 1.807) is 0 Å². The Morgan fingerprint density at radius 2 is 2.50 bits per heavy atom. The molecule has 58 valence electrons. The molecule has 0 aromatic heterocycles. The zero-order valence-electron chi connectivity index (χ0n) is 6.52. The number of aldehydes is 1. The van der Waals surface area contributed by atoms with Crippen molar-refractivity contribution >= 4 is 6.29 Å². The highest BCUT2D eigenvalue weighted by Gasteiger charge is 2.28. The third-order valence-electron chi connectivity index (χ3n) is 2.46. The number of carbonyl (C=O) groups is 1. The van der Waals surface area contributed by atoms with Crippen LogP contribution in [0.25, 0.3) is 0 Å². The van der Waals surface area contributed by atoms with Crippen molar-refractivity contribution in [3.05, 3.63) is 0 Å². The van der Waals surface area contributed by atoms with Crippen LogP contribution in [0, 0.1) is 5.41 Å². The van der Waals surface area contributed by atoms with Gasteiger partial charge in [-0.3, -0.25) is 0 Å². The summed E-state index contributed by atoms with van der Waals surface area (Å²) in [5.41, 5.74) is -0.0295. The van der Waals surface area contributed by atoms with E-state index in [4.69, 9.17) is 0 Å². The second kappa shape index (κ2) is 3.15. The summed E-state index contributed by atoms with van der Waals surface area (Å²) in [6, 6.07) is 0. The van der Waals surface area contributed by atoms with Crippen LogP contribution < -0.4 is 5.32 Å². The number of carbonyl (C=O) groups excluding carboxylic acids is 1. The average Bonchev–Trinajstić information content (AvgIpc) is 2.06. The topological polar surface area (TPSA) is 29.1 Å². The summed E-state index contributed by atoms with van der Waals surface area (Å²) >= 11 is 0. The van der Waals surface area contributed by atoms with Gasteiger partial charge in [-0.25, -0.2) is 0 Å². The zero-order valence-corrected chi connectivity index (χ0v) is 6.52. The van der Waals surface area contributed by atoms with Crippen LogP contribution in [0.5, 0.6) is 0 Å². The lowest BCUT2D eigenvalue weighted by atomic mass is 9.80. The van der Waals surface area contributed by atoms with Gasteiger partial charge in [-0.1, -0.05) is 6.92 Å². The summed E-state index contributed by atoms with van der Waals surface area (Å²) in [5, 5.41) is 3.25. The first-order valence-corrected chi connectivity index (χ1v) is 4.00. The van der Waals surface area contributed by atoms with Crippen molar-refractivity contribution in [1.82, 2.24) is 5.32 Å². The van der Waals surface area contributed by atoms with Gasteiger partial charge in [-0.05, 0) is 25.8 Å². The zero-order chi connectivity index (χ0) is 7.45. The molecule has 1 aliphatic rings. The average molecular weight is 141 g/mol. The standard InChI is InChI=1S/C8H15NO/c1-2-8(7-10)4-3-5-9-6-8/h7,9H,2-6H2,1H3. The lowest BCUT2D eigenvalue weighted by Gasteiger charge is -2.31. The second-order valence-corrected chi connectivity index (χ2v) is 3.11. The van der Waals surface area contributed by atoms with Gasteiger partial charge in [0.2, 0.25) is 0 Å². The van der Waals surface area contributed by atoms with E-state index >= 15 is 0 Å². The van der Waals surface area contributed by atoms with Crippen LogP contribution in [0.15, 0.2) is 0 Å². The lowest BCUT2D eigenvalue weighted by molar-refractivity contribution is -0.117. The van der Waals surface area contributed by atoms with E-state index in [1.807, 2.05) is 0 Å². The van der Waals surface area contributed by atoms with Gasteiger partial charge in [-0.2, -0.15) is 0 Å². The third-order valence-corrected chi connectivity index (χ3v) is 2.46. The fourth-order valence-corrected chi connectivity index (χ4v) is 1.48. The Morgan fingerprint density at radius 1 is 1.70 bits per heavy atom. The molecule has 0 bridgehead atoms. The minimum Gasteiger partial charge on any atom is -0.316 e. The van der Waals surface area contributed by atoms with Gasteiger partial charge in [0.05, 0.1) is 0 Å². The number of hydrogen-bond acceptors (Lipinski definition) is 2. The summed E-state index contributed by atoms with van der Waals surface area (Å²) in [5.74, 6) is 0. The monoisotopic (exact) mass is 141 g/mol. The second-order valence-electron chi connectivity index (χ2n) is 3.11. The molecule has 1 unspecified atom stereocenters. The van der Waals surface area contributed by atoms with Crippen molar-refractivity contribution in [2.75, 3.05) is 13.1 Å². The maximum atomic E-state index is 10.7. The normalized spacial score (nSPS) is 33.7. The molecule has 1 fully saturated rings. The molecule has 1 N–H and O–H groups in total. The smallest absolute Gasteiger partial charge is 0.127 e. The highest BCUT2D eigenvalue weighted by molar-refractivity contribution is 5.59. The maximum Gasteiger partial charge on any atom is 0.127 e. The fourth-order valence-electron chi connectivity index (χ4n) is 1.48. The van der Waals surface area contributed by atoms with E-state index in [0.29, 0.717) is 0 Å². The van der Waals surface area contributed by atoms with E-state index in [2.05, 4.69) is 12.2 Å². The molecule has 2 nitrogen and oxygen atoms in total. The van der Waals surface area contributed by atoms with E-state index in [-0.39, 0.29) is 5.41 Å². The Bertz CT molecular complexity index is 116. The highest BCUT2D eigenvalue weighted by atomic mass is 16.1. The Morgan fingerprint density at radius 3 is 2.80 bits per heavy atom. The molecule has 1 atom stereocenters. The van der Waals surface area contributed by atoms with Crippen molar-refractivity contribution in [3.63, 3.8) is 0 Å². The molecule has 2 heteroatoms. The maximum absolute atomic E-state index is 10.7.